The van der Waals surface area contributed by atoms with Gasteiger partial charge in [-0.25, -0.2) is 13.6 Å². The number of carbonyl (C=O) groups excluding carboxylic acids is 2. The first-order valence-corrected chi connectivity index (χ1v) is 11.7. The second kappa shape index (κ2) is 10.00. The highest BCUT2D eigenvalue weighted by Gasteiger charge is 2.48. The first-order chi connectivity index (χ1) is 17.9. The van der Waals surface area contributed by atoms with Crippen molar-refractivity contribution in [2.45, 2.75) is 30.8 Å². The van der Waals surface area contributed by atoms with Crippen LogP contribution in [0.15, 0.2) is 59.5 Å². The number of fused-ring (bicyclic) bond motifs is 2. The topological polar surface area (TPSA) is 100.0 Å². The van der Waals surface area contributed by atoms with Gasteiger partial charge in [-0.05, 0) is 48.2 Å². The number of carbonyl (C=O) groups is 2. The van der Waals surface area contributed by atoms with E-state index in [2.05, 4.69) is 9.84 Å². The Bertz CT molecular complexity index is 1370. The molecule has 0 bridgehead atoms. The summed E-state index contributed by atoms with van der Waals surface area (Å²) in [5.41, 5.74) is 0.305. The van der Waals surface area contributed by atoms with Crippen LogP contribution < -0.4 is 10.2 Å². The van der Waals surface area contributed by atoms with E-state index in [1.54, 1.807) is 29.2 Å². The third-order valence-electron chi connectivity index (χ3n) is 6.71. The molecule has 3 heterocycles. The molecular formula is C26H23F2N3O6. The Morgan fingerprint density at radius 3 is 2.41 bits per heavy atom. The molecule has 0 aliphatic carbocycles. The number of methoxy groups -OCH3 is 1. The van der Waals surface area contributed by atoms with Crippen molar-refractivity contribution in [3.63, 3.8) is 0 Å². The zero-order valence-corrected chi connectivity index (χ0v) is 19.8. The van der Waals surface area contributed by atoms with Crippen LogP contribution in [0.5, 0.6) is 5.75 Å². The van der Waals surface area contributed by atoms with Crippen LogP contribution in [-0.2, 0) is 9.47 Å². The fourth-order valence-corrected chi connectivity index (χ4v) is 5.26. The SMILES string of the molecule is COC(=O)OCOc1c2n(ncc1=O)[C@@H](C(c1cccc(F)c1)c1cccc(F)c1)[C@H]1CCCN1C2=O. The molecule has 2 aromatic carbocycles. The zero-order chi connectivity index (χ0) is 26.1. The third kappa shape index (κ3) is 4.52. The summed E-state index contributed by atoms with van der Waals surface area (Å²) in [6.07, 6.45) is 1.32. The number of nitrogens with zero attached hydrogens (tertiary/aromatic N) is 3. The second-order valence-corrected chi connectivity index (χ2v) is 8.78. The molecule has 1 amide bonds. The number of amides is 1. The standard InChI is InChI=1S/C26H23F2N3O6/c1-35-26(34)37-14-36-24-20(32)13-29-31-22(19-9-4-10-30(19)25(33)23(24)31)21(15-5-2-7-17(27)11-15)16-6-3-8-18(28)12-16/h2-3,5-8,11-13,19,21-22H,4,9-10,14H2,1H3/t19-,22-/m1/s1. The summed E-state index contributed by atoms with van der Waals surface area (Å²) in [7, 11) is 1.12. The third-order valence-corrected chi connectivity index (χ3v) is 6.71. The van der Waals surface area contributed by atoms with Crippen LogP contribution in [0.3, 0.4) is 0 Å². The molecule has 5 rings (SSSR count). The molecule has 0 unspecified atom stereocenters. The molecular weight excluding hydrogens is 488 g/mol. The van der Waals surface area contributed by atoms with E-state index in [4.69, 9.17) is 9.47 Å². The Hall–Kier alpha value is -4.28. The van der Waals surface area contributed by atoms with Gasteiger partial charge in [0.15, 0.2) is 5.69 Å². The van der Waals surface area contributed by atoms with Gasteiger partial charge in [0.2, 0.25) is 18.0 Å². The van der Waals surface area contributed by atoms with Crippen molar-refractivity contribution in [3.8, 4) is 5.75 Å². The average Bonchev–Trinajstić information content (AvgIpc) is 3.37. The van der Waals surface area contributed by atoms with Crippen molar-refractivity contribution in [2.75, 3.05) is 20.4 Å². The number of halogens is 2. The molecule has 2 aliphatic heterocycles. The van der Waals surface area contributed by atoms with Crippen molar-refractivity contribution >= 4 is 12.1 Å². The van der Waals surface area contributed by atoms with Crippen molar-refractivity contribution in [3.05, 3.63) is 93.4 Å². The van der Waals surface area contributed by atoms with Crippen LogP contribution in [0.4, 0.5) is 13.6 Å². The molecule has 37 heavy (non-hydrogen) atoms. The monoisotopic (exact) mass is 511 g/mol. The predicted octanol–water partition coefficient (Wildman–Crippen LogP) is 3.63. The molecule has 3 aromatic rings. The molecule has 9 nitrogen and oxygen atoms in total. The van der Waals surface area contributed by atoms with Gasteiger partial charge in [-0.2, -0.15) is 5.10 Å². The number of rotatable bonds is 6. The smallest absolute Gasteiger partial charge is 0.451 e. The first kappa shape index (κ1) is 24.4. The Balaban J connectivity index is 1.69. The van der Waals surface area contributed by atoms with Gasteiger partial charge in [0.1, 0.15) is 11.6 Å². The minimum Gasteiger partial charge on any atom is -0.451 e. The van der Waals surface area contributed by atoms with Crippen molar-refractivity contribution < 1.29 is 32.6 Å². The molecule has 0 saturated carbocycles. The molecule has 2 atom stereocenters. The highest BCUT2D eigenvalue weighted by Crippen LogP contribution is 2.46. The number of hydrogen-bond donors (Lipinski definition) is 0. The van der Waals surface area contributed by atoms with E-state index in [0.717, 1.165) is 13.3 Å². The van der Waals surface area contributed by atoms with Gasteiger partial charge in [0.25, 0.3) is 5.91 Å². The van der Waals surface area contributed by atoms with Crippen LogP contribution in [0.25, 0.3) is 0 Å². The summed E-state index contributed by atoms with van der Waals surface area (Å²) in [6.45, 7) is -0.238. The Morgan fingerprint density at radius 1 is 1.11 bits per heavy atom. The van der Waals surface area contributed by atoms with Gasteiger partial charge >= 0.3 is 6.16 Å². The van der Waals surface area contributed by atoms with Gasteiger partial charge < -0.3 is 19.1 Å². The van der Waals surface area contributed by atoms with E-state index in [0.29, 0.717) is 30.5 Å². The fourth-order valence-electron chi connectivity index (χ4n) is 5.26. The van der Waals surface area contributed by atoms with Crippen LogP contribution in [-0.4, -0.2) is 53.2 Å². The summed E-state index contributed by atoms with van der Waals surface area (Å²) in [6, 6.07) is 11.0. The number of benzene rings is 2. The first-order valence-electron chi connectivity index (χ1n) is 11.7. The molecule has 1 saturated heterocycles. The average molecular weight is 511 g/mol. The van der Waals surface area contributed by atoms with Crippen LogP contribution >= 0.6 is 0 Å². The highest BCUT2D eigenvalue weighted by atomic mass is 19.1. The van der Waals surface area contributed by atoms with Crippen LogP contribution in [0.1, 0.15) is 46.4 Å². The van der Waals surface area contributed by atoms with E-state index in [1.807, 2.05) is 0 Å². The molecule has 11 heteroatoms. The minimum absolute atomic E-state index is 0.123. The maximum atomic E-state index is 14.4. The van der Waals surface area contributed by atoms with Crippen molar-refractivity contribution in [1.29, 1.82) is 0 Å². The van der Waals surface area contributed by atoms with E-state index < -0.39 is 47.9 Å². The highest BCUT2D eigenvalue weighted by molar-refractivity contribution is 5.96. The molecule has 0 radical (unpaired) electrons. The van der Waals surface area contributed by atoms with Gasteiger partial charge in [-0.1, -0.05) is 24.3 Å². The molecule has 1 aromatic heterocycles. The van der Waals surface area contributed by atoms with Gasteiger partial charge in [0.05, 0.1) is 25.4 Å². The largest absolute Gasteiger partial charge is 0.510 e. The molecule has 0 N–H and O–H groups in total. The summed E-state index contributed by atoms with van der Waals surface area (Å²) < 4.78 is 44.8. The van der Waals surface area contributed by atoms with E-state index in [-0.39, 0.29) is 17.5 Å². The van der Waals surface area contributed by atoms with E-state index in [1.165, 1.54) is 28.9 Å². The number of aromatic nitrogens is 2. The molecule has 0 spiro atoms. The van der Waals surface area contributed by atoms with Gasteiger partial charge in [-0.3, -0.25) is 14.3 Å². The molecule has 192 valence electrons. The second-order valence-electron chi connectivity index (χ2n) is 8.78. The van der Waals surface area contributed by atoms with E-state index >= 15 is 0 Å². The van der Waals surface area contributed by atoms with Crippen LogP contribution in [0.2, 0.25) is 0 Å². The van der Waals surface area contributed by atoms with E-state index in [9.17, 15) is 23.2 Å². The van der Waals surface area contributed by atoms with Crippen molar-refractivity contribution in [2.24, 2.45) is 0 Å². The lowest BCUT2D eigenvalue weighted by Crippen LogP contribution is -2.51. The Labute approximate surface area is 210 Å². The maximum Gasteiger partial charge on any atom is 0.510 e. The van der Waals surface area contributed by atoms with Gasteiger partial charge in [0, 0.05) is 12.5 Å². The normalized spacial score (nSPS) is 18.4. The lowest BCUT2D eigenvalue weighted by Gasteiger charge is -2.42. The number of hydrogen-bond acceptors (Lipinski definition) is 7. The Morgan fingerprint density at radius 2 is 1.78 bits per heavy atom. The number of ether oxygens (including phenoxy) is 3. The Kier molecular flexibility index (Phi) is 6.60. The quantitative estimate of drug-likeness (QED) is 0.368. The zero-order valence-electron chi connectivity index (χ0n) is 19.8. The lowest BCUT2D eigenvalue weighted by molar-refractivity contribution is 0.0126. The predicted molar refractivity (Wildman–Crippen MR) is 125 cm³/mol. The van der Waals surface area contributed by atoms with Crippen molar-refractivity contribution in [1.82, 2.24) is 14.7 Å². The molecule has 1 fully saturated rings. The minimum atomic E-state index is -1.02. The summed E-state index contributed by atoms with van der Waals surface area (Å²) in [5, 5.41) is 4.30. The maximum absolute atomic E-state index is 14.4. The summed E-state index contributed by atoms with van der Waals surface area (Å²) in [5.74, 6) is -2.36. The lowest BCUT2D eigenvalue weighted by atomic mass is 9.80. The fraction of sp³-hybridized carbons (Fsp3) is 0.308. The molecule has 2 aliphatic rings. The summed E-state index contributed by atoms with van der Waals surface area (Å²) >= 11 is 0. The summed E-state index contributed by atoms with van der Waals surface area (Å²) in [4.78, 5) is 39.3. The van der Waals surface area contributed by atoms with Gasteiger partial charge in [-0.15, -0.1) is 0 Å². The van der Waals surface area contributed by atoms with Crippen LogP contribution in [0, 0.1) is 11.6 Å².